The van der Waals surface area contributed by atoms with Crippen molar-refractivity contribution in [1.82, 2.24) is 10.3 Å². The number of phenols is 1. The fourth-order valence-electron chi connectivity index (χ4n) is 1.85. The van der Waals surface area contributed by atoms with Crippen molar-refractivity contribution in [1.29, 1.82) is 0 Å². The predicted octanol–water partition coefficient (Wildman–Crippen LogP) is 2.63. The van der Waals surface area contributed by atoms with Gasteiger partial charge in [0.2, 0.25) is 0 Å². The lowest BCUT2D eigenvalue weighted by Gasteiger charge is -2.01. The van der Waals surface area contributed by atoms with E-state index in [1.54, 1.807) is 30.5 Å². The molecular weight excluding hydrogens is 320 g/mol. The van der Waals surface area contributed by atoms with Crippen molar-refractivity contribution in [3.8, 4) is 5.75 Å². The Kier molecular flexibility index (Phi) is 3.86. The van der Waals surface area contributed by atoms with Crippen LogP contribution in [-0.2, 0) is 4.79 Å². The third-order valence-electron chi connectivity index (χ3n) is 2.87. The zero-order chi connectivity index (χ0) is 15.7. The molecule has 1 saturated heterocycles. The average molecular weight is 332 g/mol. The van der Waals surface area contributed by atoms with E-state index in [-0.39, 0.29) is 11.7 Å². The number of aromatic nitrogens is 1. The summed E-state index contributed by atoms with van der Waals surface area (Å²) in [4.78, 5) is 21.7. The maximum Gasteiger partial charge on any atom is 0.264 e. The minimum atomic E-state index is -0.202. The number of carbonyl (C=O) groups excluding carboxylic acids is 1. The standard InChI is InChI=1S/C14H12N4O2S2/c1-7-4-8(19)2-3-10(7)17-14-18-12(20)11(22-14)5-9-6-16-13(15)21-9/h2-6,19H,1H3,(H2,15,16)(H,17,18,20). The first-order valence-electron chi connectivity index (χ1n) is 6.32. The molecule has 0 atom stereocenters. The van der Waals surface area contributed by atoms with Gasteiger partial charge >= 0.3 is 0 Å². The maximum atomic E-state index is 12.0. The number of nitrogen functional groups attached to an aromatic ring is 1. The van der Waals surface area contributed by atoms with Crippen LogP contribution in [0.1, 0.15) is 10.4 Å². The third-order valence-corrected chi connectivity index (χ3v) is 4.55. The molecule has 22 heavy (non-hydrogen) atoms. The van der Waals surface area contributed by atoms with Crippen LogP contribution in [0.3, 0.4) is 0 Å². The average Bonchev–Trinajstić information content (AvgIpc) is 3.00. The van der Waals surface area contributed by atoms with Gasteiger partial charge in [0.1, 0.15) is 5.75 Å². The number of nitrogens with zero attached hydrogens (tertiary/aromatic N) is 2. The van der Waals surface area contributed by atoms with Crippen LogP contribution >= 0.6 is 23.1 Å². The largest absolute Gasteiger partial charge is 0.508 e. The van der Waals surface area contributed by atoms with Gasteiger partial charge in [-0.1, -0.05) is 11.3 Å². The summed E-state index contributed by atoms with van der Waals surface area (Å²) in [7, 11) is 0. The van der Waals surface area contributed by atoms with Gasteiger partial charge in [0, 0.05) is 6.20 Å². The first-order chi connectivity index (χ1) is 10.5. The highest BCUT2D eigenvalue weighted by atomic mass is 32.2. The maximum absolute atomic E-state index is 12.0. The lowest BCUT2D eigenvalue weighted by molar-refractivity contribution is -0.115. The molecule has 1 amide bonds. The molecule has 0 saturated carbocycles. The molecule has 0 bridgehead atoms. The molecule has 0 unspecified atom stereocenters. The SMILES string of the molecule is Cc1cc(O)ccc1N=C1NC(=O)C(=Cc2cnc(N)s2)S1. The van der Waals surface area contributed by atoms with Crippen molar-refractivity contribution in [2.45, 2.75) is 6.92 Å². The Bertz CT molecular complexity index is 811. The molecule has 0 radical (unpaired) electrons. The van der Waals surface area contributed by atoms with E-state index in [9.17, 15) is 9.90 Å². The van der Waals surface area contributed by atoms with Gasteiger partial charge in [-0.15, -0.1) is 0 Å². The van der Waals surface area contributed by atoms with E-state index in [1.165, 1.54) is 23.1 Å². The van der Waals surface area contributed by atoms with Gasteiger partial charge in [-0.25, -0.2) is 9.98 Å². The second-order valence-electron chi connectivity index (χ2n) is 4.55. The number of thiazole rings is 1. The summed E-state index contributed by atoms with van der Waals surface area (Å²) in [5.74, 6) is -0.0138. The van der Waals surface area contributed by atoms with Crippen LogP contribution in [-0.4, -0.2) is 21.2 Å². The van der Waals surface area contributed by atoms with Gasteiger partial charge in [0.25, 0.3) is 5.91 Å². The summed E-state index contributed by atoms with van der Waals surface area (Å²) in [6.45, 7) is 1.84. The lowest BCUT2D eigenvalue weighted by Crippen LogP contribution is -2.19. The number of hydrogen-bond acceptors (Lipinski definition) is 7. The Morgan fingerprint density at radius 2 is 2.27 bits per heavy atom. The van der Waals surface area contributed by atoms with Crippen LogP contribution < -0.4 is 11.1 Å². The number of aryl methyl sites for hydroxylation is 1. The second kappa shape index (κ2) is 5.82. The molecule has 1 aromatic heterocycles. The highest BCUT2D eigenvalue weighted by Gasteiger charge is 2.24. The lowest BCUT2D eigenvalue weighted by atomic mass is 10.2. The van der Waals surface area contributed by atoms with Gasteiger partial charge in [-0.2, -0.15) is 0 Å². The Morgan fingerprint density at radius 1 is 1.45 bits per heavy atom. The number of nitrogens with one attached hydrogen (secondary N) is 1. The number of nitrogens with two attached hydrogens (primary N) is 1. The summed E-state index contributed by atoms with van der Waals surface area (Å²) in [5, 5.41) is 13.1. The van der Waals surface area contributed by atoms with Gasteiger partial charge in [-0.05, 0) is 48.5 Å². The molecule has 6 nitrogen and oxygen atoms in total. The molecule has 4 N–H and O–H groups in total. The number of amides is 1. The van der Waals surface area contributed by atoms with Crippen molar-refractivity contribution >= 4 is 51.1 Å². The molecule has 1 aliphatic rings. The molecule has 1 fully saturated rings. The van der Waals surface area contributed by atoms with E-state index in [1.807, 2.05) is 6.92 Å². The van der Waals surface area contributed by atoms with E-state index < -0.39 is 0 Å². The van der Waals surface area contributed by atoms with Crippen molar-refractivity contribution in [2.75, 3.05) is 5.73 Å². The number of aliphatic imine (C=N–C) groups is 1. The molecule has 112 valence electrons. The van der Waals surface area contributed by atoms with Crippen LogP contribution in [0.5, 0.6) is 5.75 Å². The molecule has 8 heteroatoms. The number of carbonyl (C=O) groups is 1. The molecular formula is C14H12N4O2S2. The number of rotatable bonds is 2. The second-order valence-corrected chi connectivity index (χ2v) is 6.68. The highest BCUT2D eigenvalue weighted by Crippen LogP contribution is 2.31. The molecule has 1 aliphatic heterocycles. The Labute approximate surface area is 134 Å². The summed E-state index contributed by atoms with van der Waals surface area (Å²) >= 11 is 2.57. The Balaban J connectivity index is 1.85. The quantitative estimate of drug-likeness (QED) is 0.734. The smallest absolute Gasteiger partial charge is 0.264 e. The molecule has 0 spiro atoms. The number of hydrogen-bond donors (Lipinski definition) is 3. The monoisotopic (exact) mass is 332 g/mol. The summed E-state index contributed by atoms with van der Waals surface area (Å²) in [6.07, 6.45) is 3.36. The van der Waals surface area contributed by atoms with Gasteiger partial charge in [-0.3, -0.25) is 4.79 Å². The van der Waals surface area contributed by atoms with Crippen LogP contribution in [0.25, 0.3) is 6.08 Å². The first-order valence-corrected chi connectivity index (χ1v) is 7.95. The highest BCUT2D eigenvalue weighted by molar-refractivity contribution is 8.18. The Hall–Kier alpha value is -2.32. The van der Waals surface area contributed by atoms with Gasteiger partial charge in [0.15, 0.2) is 10.3 Å². The molecule has 2 heterocycles. The van der Waals surface area contributed by atoms with Crippen molar-refractivity contribution in [3.05, 3.63) is 39.7 Å². The first kappa shape index (κ1) is 14.6. The predicted molar refractivity (Wildman–Crippen MR) is 90.2 cm³/mol. The fourth-order valence-corrected chi connectivity index (χ4v) is 3.38. The van der Waals surface area contributed by atoms with Crippen LogP contribution in [0.15, 0.2) is 34.3 Å². The van der Waals surface area contributed by atoms with Gasteiger partial charge in [0.05, 0.1) is 15.5 Å². The van der Waals surface area contributed by atoms with Crippen LogP contribution in [0.2, 0.25) is 0 Å². The summed E-state index contributed by atoms with van der Waals surface area (Å²) < 4.78 is 0. The van der Waals surface area contributed by atoms with Crippen LogP contribution in [0.4, 0.5) is 10.8 Å². The zero-order valence-corrected chi connectivity index (χ0v) is 13.2. The van der Waals surface area contributed by atoms with E-state index in [0.717, 1.165) is 10.4 Å². The van der Waals surface area contributed by atoms with Crippen molar-refractivity contribution in [2.24, 2.45) is 4.99 Å². The Morgan fingerprint density at radius 3 is 2.95 bits per heavy atom. The number of amidine groups is 1. The molecule has 1 aromatic carbocycles. The minimum absolute atomic E-state index is 0.188. The summed E-state index contributed by atoms with van der Waals surface area (Å²) in [5.41, 5.74) is 7.10. The molecule has 0 aliphatic carbocycles. The number of phenolic OH excluding ortho intramolecular Hbond substituents is 1. The molecule has 2 aromatic rings. The van der Waals surface area contributed by atoms with Crippen molar-refractivity contribution < 1.29 is 9.90 Å². The number of benzene rings is 1. The minimum Gasteiger partial charge on any atom is -0.508 e. The van der Waals surface area contributed by atoms with Crippen molar-refractivity contribution in [3.63, 3.8) is 0 Å². The zero-order valence-electron chi connectivity index (χ0n) is 11.5. The van der Waals surface area contributed by atoms with Crippen LogP contribution in [0, 0.1) is 6.92 Å². The van der Waals surface area contributed by atoms with E-state index in [2.05, 4.69) is 15.3 Å². The number of thioether (sulfide) groups is 1. The normalized spacial score (nSPS) is 18.1. The molecule has 3 rings (SSSR count). The summed E-state index contributed by atoms with van der Waals surface area (Å²) in [6, 6.07) is 4.89. The topological polar surface area (TPSA) is 101 Å². The van der Waals surface area contributed by atoms with E-state index >= 15 is 0 Å². The third kappa shape index (κ3) is 3.12. The fraction of sp³-hybridized carbons (Fsp3) is 0.0714. The number of anilines is 1. The van der Waals surface area contributed by atoms with Gasteiger partial charge < -0.3 is 16.2 Å². The van der Waals surface area contributed by atoms with E-state index in [4.69, 9.17) is 5.73 Å². The number of aromatic hydroxyl groups is 1. The van der Waals surface area contributed by atoms with E-state index in [0.29, 0.717) is 20.9 Å².